The summed E-state index contributed by atoms with van der Waals surface area (Å²) in [6.07, 6.45) is 1.06. The molecule has 96 valence electrons. The van der Waals surface area contributed by atoms with Gasteiger partial charge in [0.1, 0.15) is 5.01 Å². The van der Waals surface area contributed by atoms with Crippen molar-refractivity contribution in [2.24, 2.45) is 0 Å². The SMILES string of the molecule is CCc1ccc(-c2csc(C(C)(C)CO)n2)cc1. The molecule has 0 aliphatic rings. The lowest BCUT2D eigenvalue weighted by molar-refractivity contribution is 0.218. The zero-order valence-electron chi connectivity index (χ0n) is 11.1. The highest BCUT2D eigenvalue weighted by Gasteiger charge is 2.23. The lowest BCUT2D eigenvalue weighted by atomic mass is 9.96. The number of rotatable bonds is 4. The van der Waals surface area contributed by atoms with Crippen LogP contribution in [0, 0.1) is 0 Å². The minimum Gasteiger partial charge on any atom is -0.395 e. The van der Waals surface area contributed by atoms with Gasteiger partial charge < -0.3 is 5.11 Å². The molecule has 2 rings (SSSR count). The first-order chi connectivity index (χ1) is 8.56. The van der Waals surface area contributed by atoms with E-state index < -0.39 is 0 Å². The van der Waals surface area contributed by atoms with Crippen molar-refractivity contribution in [3.63, 3.8) is 0 Å². The van der Waals surface area contributed by atoms with Crippen LogP contribution in [0.25, 0.3) is 11.3 Å². The van der Waals surface area contributed by atoms with Crippen LogP contribution in [0.3, 0.4) is 0 Å². The first-order valence-corrected chi connectivity index (χ1v) is 7.11. The van der Waals surface area contributed by atoms with Crippen molar-refractivity contribution in [2.45, 2.75) is 32.6 Å². The standard InChI is InChI=1S/C15H19NOS/c1-4-11-5-7-12(8-6-11)13-9-18-14(16-13)15(2,3)10-17/h5-9,17H,4,10H2,1-3H3. The number of aromatic nitrogens is 1. The molecule has 1 N–H and O–H groups in total. The molecule has 0 amide bonds. The topological polar surface area (TPSA) is 33.1 Å². The quantitative estimate of drug-likeness (QED) is 0.911. The second-order valence-electron chi connectivity index (χ2n) is 5.13. The Morgan fingerprint density at radius 3 is 2.44 bits per heavy atom. The third kappa shape index (κ3) is 2.62. The maximum absolute atomic E-state index is 9.36. The van der Waals surface area contributed by atoms with Gasteiger partial charge in [0.15, 0.2) is 0 Å². The maximum atomic E-state index is 9.36. The van der Waals surface area contributed by atoms with Crippen molar-refractivity contribution in [1.29, 1.82) is 0 Å². The average molecular weight is 261 g/mol. The summed E-state index contributed by atoms with van der Waals surface area (Å²) in [4.78, 5) is 4.64. The van der Waals surface area contributed by atoms with Crippen molar-refractivity contribution in [2.75, 3.05) is 6.61 Å². The molecular weight excluding hydrogens is 242 g/mol. The molecule has 0 bridgehead atoms. The predicted molar refractivity (Wildman–Crippen MR) is 77.0 cm³/mol. The van der Waals surface area contributed by atoms with E-state index in [4.69, 9.17) is 0 Å². The molecule has 0 spiro atoms. The molecule has 0 aliphatic heterocycles. The van der Waals surface area contributed by atoms with Crippen LogP contribution < -0.4 is 0 Å². The molecular formula is C15H19NOS. The molecule has 1 aromatic carbocycles. The summed E-state index contributed by atoms with van der Waals surface area (Å²) in [5.74, 6) is 0. The molecule has 0 radical (unpaired) electrons. The summed E-state index contributed by atoms with van der Waals surface area (Å²) in [5, 5.41) is 12.4. The van der Waals surface area contributed by atoms with Crippen molar-refractivity contribution >= 4 is 11.3 Å². The molecule has 18 heavy (non-hydrogen) atoms. The second-order valence-corrected chi connectivity index (χ2v) is 5.99. The number of aryl methyl sites for hydroxylation is 1. The van der Waals surface area contributed by atoms with E-state index in [1.165, 1.54) is 5.56 Å². The number of hydrogen-bond acceptors (Lipinski definition) is 3. The van der Waals surface area contributed by atoms with E-state index in [1.807, 2.05) is 13.8 Å². The molecule has 2 nitrogen and oxygen atoms in total. The summed E-state index contributed by atoms with van der Waals surface area (Å²) in [6, 6.07) is 8.52. The van der Waals surface area contributed by atoms with E-state index in [9.17, 15) is 5.11 Å². The molecule has 0 aliphatic carbocycles. The van der Waals surface area contributed by atoms with Crippen LogP contribution in [0.1, 0.15) is 31.3 Å². The van der Waals surface area contributed by atoms with Crippen molar-refractivity contribution in [3.8, 4) is 11.3 Å². The smallest absolute Gasteiger partial charge is 0.101 e. The molecule has 2 aromatic rings. The average Bonchev–Trinajstić information content (AvgIpc) is 2.89. The molecule has 3 heteroatoms. The van der Waals surface area contributed by atoms with Crippen LogP contribution in [0.2, 0.25) is 0 Å². The number of thiazole rings is 1. The Morgan fingerprint density at radius 1 is 1.22 bits per heavy atom. The van der Waals surface area contributed by atoms with E-state index in [0.717, 1.165) is 22.7 Å². The zero-order valence-corrected chi connectivity index (χ0v) is 11.9. The molecule has 0 saturated heterocycles. The highest BCUT2D eigenvalue weighted by atomic mass is 32.1. The van der Waals surface area contributed by atoms with Gasteiger partial charge in [0, 0.05) is 16.4 Å². The van der Waals surface area contributed by atoms with Gasteiger partial charge in [0.05, 0.1) is 12.3 Å². The van der Waals surface area contributed by atoms with E-state index >= 15 is 0 Å². The molecule has 0 atom stereocenters. The fourth-order valence-corrected chi connectivity index (χ4v) is 2.64. The van der Waals surface area contributed by atoms with Crippen LogP contribution in [0.5, 0.6) is 0 Å². The summed E-state index contributed by atoms with van der Waals surface area (Å²) >= 11 is 1.61. The Balaban J connectivity index is 2.29. The normalized spacial score (nSPS) is 11.8. The van der Waals surface area contributed by atoms with Crippen LogP contribution in [0.15, 0.2) is 29.6 Å². The van der Waals surface area contributed by atoms with E-state index in [-0.39, 0.29) is 12.0 Å². The highest BCUT2D eigenvalue weighted by molar-refractivity contribution is 7.10. The van der Waals surface area contributed by atoms with Gasteiger partial charge in [-0.15, -0.1) is 11.3 Å². The number of nitrogens with zero attached hydrogens (tertiary/aromatic N) is 1. The van der Waals surface area contributed by atoms with Crippen molar-refractivity contribution in [1.82, 2.24) is 4.98 Å². The minimum absolute atomic E-state index is 0.120. The number of benzene rings is 1. The van der Waals surface area contributed by atoms with E-state index in [1.54, 1.807) is 11.3 Å². The van der Waals surface area contributed by atoms with E-state index in [0.29, 0.717) is 0 Å². The van der Waals surface area contributed by atoms with Gasteiger partial charge in [-0.05, 0) is 12.0 Å². The fraction of sp³-hybridized carbons (Fsp3) is 0.400. The van der Waals surface area contributed by atoms with Gasteiger partial charge in [-0.25, -0.2) is 4.98 Å². The zero-order chi connectivity index (χ0) is 13.2. The van der Waals surface area contributed by atoms with Gasteiger partial charge >= 0.3 is 0 Å². The molecule has 0 saturated carbocycles. The van der Waals surface area contributed by atoms with Crippen LogP contribution in [-0.2, 0) is 11.8 Å². The second kappa shape index (κ2) is 5.21. The number of aliphatic hydroxyl groups is 1. The van der Waals surface area contributed by atoms with Crippen LogP contribution >= 0.6 is 11.3 Å². The predicted octanol–water partition coefficient (Wildman–Crippen LogP) is 3.64. The molecule has 1 heterocycles. The lowest BCUT2D eigenvalue weighted by Gasteiger charge is -2.17. The third-order valence-corrected chi connectivity index (χ3v) is 4.34. The van der Waals surface area contributed by atoms with Gasteiger partial charge in [-0.3, -0.25) is 0 Å². The van der Waals surface area contributed by atoms with E-state index in [2.05, 4.69) is 41.6 Å². The molecule has 0 unspecified atom stereocenters. The Labute approximate surface area is 112 Å². The van der Waals surface area contributed by atoms with Gasteiger partial charge in [-0.1, -0.05) is 45.0 Å². The Bertz CT molecular complexity index is 514. The van der Waals surface area contributed by atoms with Crippen LogP contribution in [0.4, 0.5) is 0 Å². The molecule has 0 fully saturated rings. The van der Waals surface area contributed by atoms with Gasteiger partial charge in [0.25, 0.3) is 0 Å². The third-order valence-electron chi connectivity index (χ3n) is 3.14. The summed E-state index contributed by atoms with van der Waals surface area (Å²) in [5.41, 5.74) is 3.22. The Morgan fingerprint density at radius 2 is 1.89 bits per heavy atom. The summed E-state index contributed by atoms with van der Waals surface area (Å²) < 4.78 is 0. The monoisotopic (exact) mass is 261 g/mol. The Kier molecular flexibility index (Phi) is 3.83. The maximum Gasteiger partial charge on any atom is 0.101 e. The van der Waals surface area contributed by atoms with Crippen molar-refractivity contribution < 1.29 is 5.11 Å². The summed E-state index contributed by atoms with van der Waals surface area (Å²) in [6.45, 7) is 6.29. The Hall–Kier alpha value is -1.19. The largest absolute Gasteiger partial charge is 0.395 e. The van der Waals surface area contributed by atoms with Crippen molar-refractivity contribution in [3.05, 3.63) is 40.2 Å². The lowest BCUT2D eigenvalue weighted by Crippen LogP contribution is -2.21. The first kappa shape index (κ1) is 13.2. The summed E-state index contributed by atoms with van der Waals surface area (Å²) in [7, 11) is 0. The van der Waals surface area contributed by atoms with Crippen LogP contribution in [-0.4, -0.2) is 16.7 Å². The van der Waals surface area contributed by atoms with Gasteiger partial charge in [0.2, 0.25) is 0 Å². The number of aliphatic hydroxyl groups excluding tert-OH is 1. The fourth-order valence-electron chi connectivity index (χ4n) is 1.70. The molecule has 1 aromatic heterocycles. The highest BCUT2D eigenvalue weighted by Crippen LogP contribution is 2.30. The first-order valence-electron chi connectivity index (χ1n) is 6.23. The minimum atomic E-state index is -0.258. The number of hydrogen-bond donors (Lipinski definition) is 1. The van der Waals surface area contributed by atoms with Gasteiger partial charge in [-0.2, -0.15) is 0 Å².